The molecule has 36 heavy (non-hydrogen) atoms. The molecule has 1 N–H and O–H groups in total. The van der Waals surface area contributed by atoms with Crippen LogP contribution in [0.3, 0.4) is 0 Å². The Bertz CT molecular complexity index is 1700. The standard InChI is InChI=1S/C35H25N/c1-3-15-27(16-4-1)35(32-21-11-12-22-34(32)36-28-17-5-2-6-18-28)31-20-10-9-19-29(31)30-23-25-13-7-8-14-26(25)24-33(30)35/h1-24,36H. The molecule has 0 spiro atoms. The third-order valence-corrected chi connectivity index (χ3v) is 7.50. The number of rotatable bonds is 4. The van der Waals surface area contributed by atoms with E-state index in [1.165, 1.54) is 44.2 Å². The fourth-order valence-electron chi connectivity index (χ4n) is 6.00. The van der Waals surface area contributed by atoms with E-state index in [2.05, 4.69) is 151 Å². The second-order valence-corrected chi connectivity index (χ2v) is 9.44. The van der Waals surface area contributed by atoms with E-state index in [0.29, 0.717) is 0 Å². The van der Waals surface area contributed by atoms with Gasteiger partial charge in [-0.2, -0.15) is 0 Å². The Hall–Kier alpha value is -4.62. The molecule has 0 saturated carbocycles. The first-order valence-electron chi connectivity index (χ1n) is 12.5. The first-order chi connectivity index (χ1) is 17.9. The molecule has 1 unspecified atom stereocenters. The van der Waals surface area contributed by atoms with Crippen molar-refractivity contribution in [2.75, 3.05) is 5.32 Å². The lowest BCUT2D eigenvalue weighted by molar-refractivity contribution is 0.772. The van der Waals surface area contributed by atoms with E-state index in [1.807, 2.05) is 0 Å². The Morgan fingerprint density at radius 3 is 1.78 bits per heavy atom. The minimum Gasteiger partial charge on any atom is -0.355 e. The van der Waals surface area contributed by atoms with Crippen LogP contribution < -0.4 is 5.32 Å². The predicted octanol–water partition coefficient (Wildman–Crippen LogP) is 8.95. The van der Waals surface area contributed by atoms with Crippen molar-refractivity contribution >= 4 is 22.1 Å². The maximum atomic E-state index is 3.74. The maximum absolute atomic E-state index is 3.74. The molecule has 0 saturated heterocycles. The van der Waals surface area contributed by atoms with E-state index in [0.717, 1.165) is 11.4 Å². The molecule has 1 nitrogen and oxygen atoms in total. The van der Waals surface area contributed by atoms with Crippen LogP contribution in [0.2, 0.25) is 0 Å². The van der Waals surface area contributed by atoms with Gasteiger partial charge in [0.1, 0.15) is 0 Å². The van der Waals surface area contributed by atoms with Gasteiger partial charge in [-0.05, 0) is 74.5 Å². The second kappa shape index (κ2) is 8.25. The lowest BCUT2D eigenvalue weighted by Gasteiger charge is -2.35. The topological polar surface area (TPSA) is 12.0 Å². The van der Waals surface area contributed by atoms with Gasteiger partial charge < -0.3 is 5.32 Å². The molecule has 1 atom stereocenters. The van der Waals surface area contributed by atoms with Crippen LogP contribution in [-0.4, -0.2) is 0 Å². The van der Waals surface area contributed by atoms with Gasteiger partial charge in [-0.3, -0.25) is 0 Å². The zero-order valence-corrected chi connectivity index (χ0v) is 19.9. The van der Waals surface area contributed by atoms with E-state index in [9.17, 15) is 0 Å². The molecule has 0 aliphatic heterocycles. The molecule has 170 valence electrons. The van der Waals surface area contributed by atoms with E-state index in [4.69, 9.17) is 0 Å². The van der Waals surface area contributed by atoms with E-state index >= 15 is 0 Å². The van der Waals surface area contributed by atoms with Crippen molar-refractivity contribution < 1.29 is 0 Å². The molecule has 6 aromatic carbocycles. The zero-order valence-electron chi connectivity index (χ0n) is 19.9. The molecule has 6 aromatic rings. The molecule has 0 aromatic heterocycles. The average Bonchev–Trinajstić information content (AvgIpc) is 3.23. The van der Waals surface area contributed by atoms with Crippen molar-refractivity contribution in [1.29, 1.82) is 0 Å². The minimum atomic E-state index is -0.449. The number of benzene rings is 6. The zero-order chi connectivity index (χ0) is 24.0. The molecule has 7 rings (SSSR count). The van der Waals surface area contributed by atoms with Crippen LogP contribution in [0.1, 0.15) is 22.3 Å². The number of fused-ring (bicyclic) bond motifs is 4. The summed E-state index contributed by atoms with van der Waals surface area (Å²) in [4.78, 5) is 0. The number of para-hydroxylation sites is 2. The highest BCUT2D eigenvalue weighted by Gasteiger charge is 2.47. The van der Waals surface area contributed by atoms with Crippen LogP contribution >= 0.6 is 0 Å². The van der Waals surface area contributed by atoms with Crippen LogP contribution in [0.15, 0.2) is 146 Å². The number of nitrogens with one attached hydrogen (secondary N) is 1. The van der Waals surface area contributed by atoms with Crippen LogP contribution in [0, 0.1) is 0 Å². The highest BCUT2D eigenvalue weighted by molar-refractivity contribution is 5.96. The van der Waals surface area contributed by atoms with Gasteiger partial charge in [0.25, 0.3) is 0 Å². The second-order valence-electron chi connectivity index (χ2n) is 9.44. The van der Waals surface area contributed by atoms with Gasteiger partial charge in [0.2, 0.25) is 0 Å². The lowest BCUT2D eigenvalue weighted by atomic mass is 9.67. The maximum Gasteiger partial charge on any atom is 0.0733 e. The average molecular weight is 460 g/mol. The number of hydrogen-bond donors (Lipinski definition) is 1. The highest BCUT2D eigenvalue weighted by Crippen LogP contribution is 2.58. The summed E-state index contributed by atoms with van der Waals surface area (Å²) >= 11 is 0. The Balaban J connectivity index is 1.61. The summed E-state index contributed by atoms with van der Waals surface area (Å²) in [5, 5.41) is 6.27. The molecule has 0 bridgehead atoms. The smallest absolute Gasteiger partial charge is 0.0733 e. The van der Waals surface area contributed by atoms with E-state index in [-0.39, 0.29) is 0 Å². The Labute approximate surface area is 211 Å². The summed E-state index contributed by atoms with van der Waals surface area (Å²) in [5.41, 5.74) is 9.53. The number of hydrogen-bond acceptors (Lipinski definition) is 1. The van der Waals surface area contributed by atoms with Crippen LogP contribution in [-0.2, 0) is 5.41 Å². The Morgan fingerprint density at radius 1 is 0.417 bits per heavy atom. The van der Waals surface area contributed by atoms with E-state index in [1.54, 1.807) is 0 Å². The SMILES string of the molecule is c1ccc(Nc2ccccc2C2(c3ccccc3)c3ccccc3-c3cc4ccccc4cc32)cc1. The summed E-state index contributed by atoms with van der Waals surface area (Å²) in [5.74, 6) is 0. The van der Waals surface area contributed by atoms with Crippen molar-refractivity contribution in [1.82, 2.24) is 0 Å². The highest BCUT2D eigenvalue weighted by atomic mass is 14.9. The van der Waals surface area contributed by atoms with Gasteiger partial charge in [-0.15, -0.1) is 0 Å². The summed E-state index contributed by atoms with van der Waals surface area (Å²) in [6.07, 6.45) is 0. The summed E-state index contributed by atoms with van der Waals surface area (Å²) in [6.45, 7) is 0. The third kappa shape index (κ3) is 3.03. The Kier molecular flexibility index (Phi) is 4.75. The first kappa shape index (κ1) is 20.7. The molecular formula is C35H25N. The normalized spacial score (nSPS) is 15.9. The lowest BCUT2D eigenvalue weighted by Crippen LogP contribution is -2.29. The van der Waals surface area contributed by atoms with Crippen molar-refractivity contribution in [3.05, 3.63) is 168 Å². The van der Waals surface area contributed by atoms with Crippen molar-refractivity contribution in [3.8, 4) is 11.1 Å². The fraction of sp³-hybridized carbons (Fsp3) is 0.0286. The Morgan fingerprint density at radius 2 is 1.00 bits per heavy atom. The fourth-order valence-corrected chi connectivity index (χ4v) is 6.00. The molecule has 1 heteroatoms. The van der Waals surface area contributed by atoms with Crippen molar-refractivity contribution in [2.24, 2.45) is 0 Å². The quantitative estimate of drug-likeness (QED) is 0.277. The monoisotopic (exact) mass is 459 g/mol. The van der Waals surface area contributed by atoms with E-state index < -0.39 is 5.41 Å². The molecule has 0 fully saturated rings. The van der Waals surface area contributed by atoms with Crippen LogP contribution in [0.4, 0.5) is 11.4 Å². The largest absolute Gasteiger partial charge is 0.355 e. The van der Waals surface area contributed by atoms with Gasteiger partial charge in [-0.25, -0.2) is 0 Å². The molecule has 0 heterocycles. The number of anilines is 2. The minimum absolute atomic E-state index is 0.449. The van der Waals surface area contributed by atoms with Crippen molar-refractivity contribution in [2.45, 2.75) is 5.41 Å². The van der Waals surface area contributed by atoms with Crippen molar-refractivity contribution in [3.63, 3.8) is 0 Å². The predicted molar refractivity (Wildman–Crippen MR) is 151 cm³/mol. The van der Waals surface area contributed by atoms with Crippen LogP contribution in [0.25, 0.3) is 21.9 Å². The molecule has 0 radical (unpaired) electrons. The first-order valence-corrected chi connectivity index (χ1v) is 12.5. The van der Waals surface area contributed by atoms with Gasteiger partial charge in [0.15, 0.2) is 0 Å². The van der Waals surface area contributed by atoms with Crippen LogP contribution in [0.5, 0.6) is 0 Å². The third-order valence-electron chi connectivity index (χ3n) is 7.50. The summed E-state index contributed by atoms with van der Waals surface area (Å²) in [6, 6.07) is 52.6. The molecule has 1 aliphatic carbocycles. The van der Waals surface area contributed by atoms with Gasteiger partial charge >= 0.3 is 0 Å². The molecular weight excluding hydrogens is 434 g/mol. The van der Waals surface area contributed by atoms with Gasteiger partial charge in [-0.1, -0.05) is 115 Å². The van der Waals surface area contributed by atoms with Gasteiger partial charge in [0.05, 0.1) is 5.41 Å². The van der Waals surface area contributed by atoms with Gasteiger partial charge in [0, 0.05) is 11.4 Å². The molecule has 0 amide bonds. The molecule has 1 aliphatic rings. The summed E-state index contributed by atoms with van der Waals surface area (Å²) < 4.78 is 0. The summed E-state index contributed by atoms with van der Waals surface area (Å²) in [7, 11) is 0.